The van der Waals surface area contributed by atoms with Crippen molar-refractivity contribution in [2.75, 3.05) is 0 Å². The van der Waals surface area contributed by atoms with Crippen LogP contribution in [-0.2, 0) is 0 Å². The molecular formula is C50H29N5. The molecule has 0 amide bonds. The Bertz CT molecular complexity index is 3420. The Morgan fingerprint density at radius 3 is 1.51 bits per heavy atom. The van der Waals surface area contributed by atoms with Gasteiger partial charge in [0.1, 0.15) is 0 Å². The number of hydrogen-bond donors (Lipinski definition) is 0. The molecule has 5 heteroatoms. The number of para-hydroxylation sites is 6. The Hall–Kier alpha value is -7.86. The molecular weight excluding hydrogens is 671 g/mol. The number of benzene rings is 8. The van der Waals surface area contributed by atoms with E-state index in [0.717, 1.165) is 72.1 Å². The number of fused-ring (bicyclic) bond motifs is 9. The minimum atomic E-state index is 0.544. The first-order valence-corrected chi connectivity index (χ1v) is 18.3. The van der Waals surface area contributed by atoms with E-state index in [9.17, 15) is 0 Å². The van der Waals surface area contributed by atoms with E-state index in [1.807, 2.05) is 42.5 Å². The zero-order valence-corrected chi connectivity index (χ0v) is 29.5. The molecule has 0 unspecified atom stereocenters. The average Bonchev–Trinajstić information content (AvgIpc) is 3.89. The Morgan fingerprint density at radius 1 is 0.345 bits per heavy atom. The largest absolute Gasteiger partial charge is 0.312 e. The van der Waals surface area contributed by atoms with Crippen molar-refractivity contribution in [3.8, 4) is 28.2 Å². The van der Waals surface area contributed by atoms with Gasteiger partial charge in [0, 0.05) is 49.1 Å². The van der Waals surface area contributed by atoms with Crippen LogP contribution in [0.5, 0.6) is 0 Å². The molecule has 3 aromatic heterocycles. The summed E-state index contributed by atoms with van der Waals surface area (Å²) < 4.78 is 7.01. The first-order chi connectivity index (χ1) is 27.2. The normalized spacial score (nSPS) is 11.6. The lowest BCUT2D eigenvalue weighted by Crippen LogP contribution is -2.02. The van der Waals surface area contributed by atoms with Crippen LogP contribution in [0.4, 0.5) is 11.4 Å². The summed E-state index contributed by atoms with van der Waals surface area (Å²) >= 11 is 0. The molecule has 11 rings (SSSR count). The second-order valence-corrected chi connectivity index (χ2v) is 13.9. The van der Waals surface area contributed by atoms with Crippen molar-refractivity contribution in [2.45, 2.75) is 0 Å². The van der Waals surface area contributed by atoms with Crippen LogP contribution >= 0.6 is 0 Å². The molecule has 0 aliphatic heterocycles. The van der Waals surface area contributed by atoms with E-state index in [0.29, 0.717) is 11.4 Å². The maximum atomic E-state index is 8.23. The summed E-state index contributed by atoms with van der Waals surface area (Å²) in [4.78, 5) is 7.75. The average molecular weight is 700 g/mol. The molecule has 8 aromatic carbocycles. The minimum Gasteiger partial charge on any atom is -0.312 e. The van der Waals surface area contributed by atoms with Crippen molar-refractivity contribution in [3.05, 3.63) is 199 Å². The quantitative estimate of drug-likeness (QED) is 0.163. The van der Waals surface area contributed by atoms with Gasteiger partial charge in [0.05, 0.1) is 52.1 Å². The van der Waals surface area contributed by atoms with Crippen LogP contribution in [0.15, 0.2) is 176 Å². The Labute approximate surface area is 316 Å². The topological polar surface area (TPSA) is 23.5 Å². The van der Waals surface area contributed by atoms with Gasteiger partial charge in [-0.3, -0.25) is 0 Å². The summed E-state index contributed by atoms with van der Waals surface area (Å²) in [6, 6.07) is 61.4. The molecule has 55 heavy (non-hydrogen) atoms. The number of rotatable bonds is 4. The van der Waals surface area contributed by atoms with Crippen LogP contribution in [0.25, 0.3) is 103 Å². The van der Waals surface area contributed by atoms with E-state index in [1.165, 1.54) is 21.5 Å². The fourth-order valence-corrected chi connectivity index (χ4v) is 8.78. The maximum absolute atomic E-state index is 8.23. The van der Waals surface area contributed by atoms with E-state index in [4.69, 9.17) is 13.1 Å². The zero-order chi connectivity index (χ0) is 36.6. The van der Waals surface area contributed by atoms with Gasteiger partial charge in [0.2, 0.25) is 0 Å². The van der Waals surface area contributed by atoms with E-state index in [1.54, 1.807) is 0 Å². The number of hydrogen-bond acceptors (Lipinski definition) is 0. The lowest BCUT2D eigenvalue weighted by Gasteiger charge is -2.18. The predicted molar refractivity (Wildman–Crippen MR) is 227 cm³/mol. The van der Waals surface area contributed by atoms with E-state index < -0.39 is 0 Å². The summed E-state index contributed by atoms with van der Waals surface area (Å²) in [5, 5.41) is 6.95. The summed E-state index contributed by atoms with van der Waals surface area (Å²) in [5.41, 5.74) is 12.6. The van der Waals surface area contributed by atoms with Crippen molar-refractivity contribution in [2.24, 2.45) is 0 Å². The first-order valence-electron chi connectivity index (χ1n) is 18.3. The lowest BCUT2D eigenvalue weighted by molar-refractivity contribution is 1.13. The molecule has 0 saturated carbocycles. The molecule has 11 aromatic rings. The third-order valence-corrected chi connectivity index (χ3v) is 11.0. The highest BCUT2D eigenvalue weighted by Gasteiger charge is 2.22. The summed E-state index contributed by atoms with van der Waals surface area (Å²) in [7, 11) is 0. The molecule has 0 radical (unpaired) electrons. The Balaban J connectivity index is 1.22. The third kappa shape index (κ3) is 4.45. The minimum absolute atomic E-state index is 0.544. The van der Waals surface area contributed by atoms with Gasteiger partial charge in [0.15, 0.2) is 11.4 Å². The van der Waals surface area contributed by atoms with Crippen LogP contribution < -0.4 is 0 Å². The highest BCUT2D eigenvalue weighted by molar-refractivity contribution is 6.15. The number of aromatic nitrogens is 3. The van der Waals surface area contributed by atoms with Gasteiger partial charge >= 0.3 is 0 Å². The number of nitrogens with zero attached hydrogens (tertiary/aromatic N) is 5. The highest BCUT2D eigenvalue weighted by Crippen LogP contribution is 2.43. The predicted octanol–water partition coefficient (Wildman–Crippen LogP) is 13.7. The SMILES string of the molecule is [C-]#[N+]c1cc(-c2ccccc2-n2c3ccccc3c3cccc(-n4c5ccccc5c5ccccc54)c32)cc(-n2c3ccccc3c3ccc([N+]#[C-])cc32)c1. The van der Waals surface area contributed by atoms with Crippen molar-refractivity contribution in [1.29, 1.82) is 0 Å². The molecule has 254 valence electrons. The van der Waals surface area contributed by atoms with Gasteiger partial charge in [-0.1, -0.05) is 115 Å². The molecule has 0 aliphatic carbocycles. The third-order valence-electron chi connectivity index (χ3n) is 11.0. The molecule has 0 atom stereocenters. The van der Waals surface area contributed by atoms with Crippen LogP contribution in [0.3, 0.4) is 0 Å². The van der Waals surface area contributed by atoms with Crippen LogP contribution in [-0.4, -0.2) is 13.7 Å². The lowest BCUT2D eigenvalue weighted by atomic mass is 10.0. The molecule has 3 heterocycles. The molecule has 0 spiro atoms. The van der Waals surface area contributed by atoms with Gasteiger partial charge in [-0.05, 0) is 66.2 Å². The molecule has 0 saturated heterocycles. The van der Waals surface area contributed by atoms with E-state index >= 15 is 0 Å². The van der Waals surface area contributed by atoms with Gasteiger partial charge < -0.3 is 13.7 Å². The highest BCUT2D eigenvalue weighted by atomic mass is 15.1. The summed E-state index contributed by atoms with van der Waals surface area (Å²) in [5.74, 6) is 0. The van der Waals surface area contributed by atoms with E-state index in [-0.39, 0.29) is 0 Å². The fourth-order valence-electron chi connectivity index (χ4n) is 8.78. The van der Waals surface area contributed by atoms with Crippen LogP contribution in [0.2, 0.25) is 0 Å². The standard InChI is InChI=1S/C50H29N5/c1-51-33-26-27-41-39-17-4-9-21-44(39)53(49(41)31-33)35-29-32(28-34(30-35)52-2)36-14-3-8-20-43(36)55-47-24-12-7-18-40(47)42-19-13-25-48(50(42)55)54-45-22-10-5-15-37(45)38-16-6-11-23-46(38)54/h3-31H. The van der Waals surface area contributed by atoms with Crippen molar-refractivity contribution in [1.82, 2.24) is 13.7 Å². The molecule has 0 aliphatic rings. The smallest absolute Gasteiger partial charge is 0.189 e. The summed E-state index contributed by atoms with van der Waals surface area (Å²) in [6.07, 6.45) is 0. The first kappa shape index (κ1) is 30.7. The van der Waals surface area contributed by atoms with Crippen LogP contribution in [0.1, 0.15) is 0 Å². The van der Waals surface area contributed by atoms with Crippen molar-refractivity contribution >= 4 is 76.8 Å². The monoisotopic (exact) mass is 699 g/mol. The molecule has 0 N–H and O–H groups in total. The van der Waals surface area contributed by atoms with Gasteiger partial charge in [0.25, 0.3) is 0 Å². The summed E-state index contributed by atoms with van der Waals surface area (Å²) in [6.45, 7) is 16.0. The van der Waals surface area contributed by atoms with Gasteiger partial charge in [-0.15, -0.1) is 0 Å². The van der Waals surface area contributed by atoms with Gasteiger partial charge in [-0.25, -0.2) is 9.69 Å². The Kier molecular flexibility index (Phi) is 6.61. The molecule has 0 fully saturated rings. The van der Waals surface area contributed by atoms with Crippen molar-refractivity contribution in [3.63, 3.8) is 0 Å². The Morgan fingerprint density at radius 2 is 0.855 bits per heavy atom. The fraction of sp³-hybridized carbons (Fsp3) is 0. The van der Waals surface area contributed by atoms with Crippen molar-refractivity contribution < 1.29 is 0 Å². The maximum Gasteiger partial charge on any atom is 0.189 e. The van der Waals surface area contributed by atoms with Crippen LogP contribution in [0, 0.1) is 13.1 Å². The second-order valence-electron chi connectivity index (χ2n) is 13.9. The zero-order valence-electron chi connectivity index (χ0n) is 29.5. The van der Waals surface area contributed by atoms with E-state index in [2.05, 4.69) is 157 Å². The second kappa shape index (κ2) is 11.8. The molecule has 5 nitrogen and oxygen atoms in total. The van der Waals surface area contributed by atoms with Gasteiger partial charge in [-0.2, -0.15) is 0 Å². The molecule has 0 bridgehead atoms.